The van der Waals surface area contributed by atoms with E-state index >= 15 is 0 Å². The highest BCUT2D eigenvalue weighted by Gasteiger charge is 2.39. The molecule has 0 heterocycles. The monoisotopic (exact) mass is 498 g/mol. The van der Waals surface area contributed by atoms with Gasteiger partial charge in [0.1, 0.15) is 6.10 Å². The fourth-order valence-electron chi connectivity index (χ4n) is 4.80. The molecule has 2 N–H and O–H groups in total. The van der Waals surface area contributed by atoms with E-state index < -0.39 is 12.1 Å². The highest BCUT2D eigenvalue weighted by molar-refractivity contribution is 7.98. The lowest BCUT2D eigenvalue weighted by Gasteiger charge is -2.43. The lowest BCUT2D eigenvalue weighted by atomic mass is 9.63. The highest BCUT2D eigenvalue weighted by Crippen LogP contribution is 2.50. The van der Waals surface area contributed by atoms with Gasteiger partial charge in [-0.15, -0.1) is 11.8 Å². The fourth-order valence-corrected chi connectivity index (χ4v) is 6.07. The summed E-state index contributed by atoms with van der Waals surface area (Å²) in [6, 6.07) is 19.3. The second-order valence-electron chi connectivity index (χ2n) is 11.0. The molecule has 3 aromatic rings. The van der Waals surface area contributed by atoms with E-state index in [1.165, 1.54) is 39.3 Å². The molecule has 3 nitrogen and oxygen atoms in total. The van der Waals surface area contributed by atoms with Crippen molar-refractivity contribution in [3.8, 4) is 11.8 Å². The van der Waals surface area contributed by atoms with Gasteiger partial charge in [-0.1, -0.05) is 75.4 Å². The number of aliphatic hydroxyl groups is 1. The first-order valence-corrected chi connectivity index (χ1v) is 13.3. The summed E-state index contributed by atoms with van der Waals surface area (Å²) in [4.78, 5) is 12.3. The zero-order valence-corrected chi connectivity index (χ0v) is 22.5. The van der Waals surface area contributed by atoms with Crippen LogP contribution in [0.3, 0.4) is 0 Å². The minimum atomic E-state index is -0.968. The first kappa shape index (κ1) is 26.1. The highest BCUT2D eigenvalue weighted by atomic mass is 32.2. The number of carboxylic acids is 1. The molecule has 186 valence electrons. The van der Waals surface area contributed by atoms with Crippen LogP contribution in [-0.2, 0) is 16.6 Å². The van der Waals surface area contributed by atoms with Crippen LogP contribution >= 0.6 is 11.8 Å². The number of carboxylic acid groups (broad SMARTS) is 1. The van der Waals surface area contributed by atoms with Crippen LogP contribution in [0.5, 0.6) is 0 Å². The zero-order valence-electron chi connectivity index (χ0n) is 21.7. The zero-order chi connectivity index (χ0) is 26.1. The molecule has 0 saturated heterocycles. The van der Waals surface area contributed by atoms with Gasteiger partial charge in [-0.25, -0.2) is 4.79 Å². The van der Waals surface area contributed by atoms with E-state index in [0.717, 1.165) is 24.2 Å². The average molecular weight is 499 g/mol. The Hall–Kier alpha value is -3.00. The van der Waals surface area contributed by atoms with Gasteiger partial charge >= 0.3 is 5.97 Å². The molecule has 1 atom stereocenters. The molecule has 0 bridgehead atoms. The molecule has 0 spiro atoms. The van der Waals surface area contributed by atoms with E-state index in [4.69, 9.17) is 5.11 Å². The standard InChI is InChI=1S/C32H34O3S/c1-21-6-8-23(9-7-21)20-36-28-19-25(18-26-29(28)32(4,5)17-16-31(26,2)3)27(33)15-12-22-10-13-24(14-11-22)30(34)35/h6-11,13-14,18-19,27,33H,16-17,20H2,1-5H3,(H,34,35). The Balaban J connectivity index is 1.71. The van der Waals surface area contributed by atoms with Crippen LogP contribution in [-0.4, -0.2) is 16.2 Å². The molecule has 1 aliphatic rings. The minimum absolute atomic E-state index is 0.0137. The number of benzene rings is 3. The van der Waals surface area contributed by atoms with E-state index in [9.17, 15) is 9.90 Å². The molecule has 1 aliphatic carbocycles. The van der Waals surface area contributed by atoms with E-state index in [-0.39, 0.29) is 16.4 Å². The lowest BCUT2D eigenvalue weighted by molar-refractivity contribution is 0.0697. The van der Waals surface area contributed by atoms with Crippen molar-refractivity contribution in [2.75, 3.05) is 0 Å². The van der Waals surface area contributed by atoms with Crippen molar-refractivity contribution in [1.82, 2.24) is 0 Å². The number of fused-ring (bicyclic) bond motifs is 1. The van der Waals surface area contributed by atoms with Crippen LogP contribution in [0.1, 0.15) is 90.4 Å². The van der Waals surface area contributed by atoms with E-state index in [1.54, 1.807) is 12.1 Å². The van der Waals surface area contributed by atoms with E-state index in [1.807, 2.05) is 11.8 Å². The van der Waals surface area contributed by atoms with Gasteiger partial charge in [0.15, 0.2) is 0 Å². The van der Waals surface area contributed by atoms with Crippen molar-refractivity contribution in [2.24, 2.45) is 0 Å². The molecule has 0 fully saturated rings. The number of aliphatic hydroxyl groups excluding tert-OH is 1. The molecular formula is C32H34O3S. The van der Waals surface area contributed by atoms with Crippen molar-refractivity contribution in [3.05, 3.63) is 99.6 Å². The van der Waals surface area contributed by atoms with Crippen molar-refractivity contribution < 1.29 is 15.0 Å². The first-order valence-electron chi connectivity index (χ1n) is 12.4. The second-order valence-corrected chi connectivity index (χ2v) is 12.1. The maximum absolute atomic E-state index is 11.1. The molecule has 0 amide bonds. The van der Waals surface area contributed by atoms with Gasteiger partial charge in [0, 0.05) is 16.2 Å². The summed E-state index contributed by atoms with van der Waals surface area (Å²) in [5, 5.41) is 20.2. The molecule has 3 aromatic carbocycles. The van der Waals surface area contributed by atoms with E-state index in [0.29, 0.717) is 5.56 Å². The van der Waals surface area contributed by atoms with Crippen LogP contribution in [0.2, 0.25) is 0 Å². The summed E-state index contributed by atoms with van der Waals surface area (Å²) in [6.45, 7) is 11.3. The third-order valence-corrected chi connectivity index (χ3v) is 8.33. The first-order chi connectivity index (χ1) is 17.0. The molecular weight excluding hydrogens is 464 g/mol. The second kappa shape index (κ2) is 10.2. The third kappa shape index (κ3) is 5.69. The molecule has 4 heteroatoms. The Labute approximate surface area is 219 Å². The predicted molar refractivity (Wildman–Crippen MR) is 148 cm³/mol. The van der Waals surface area contributed by atoms with Crippen LogP contribution in [0, 0.1) is 18.8 Å². The smallest absolute Gasteiger partial charge is 0.335 e. The van der Waals surface area contributed by atoms with Crippen molar-refractivity contribution in [2.45, 2.75) is 75.0 Å². The maximum atomic E-state index is 11.1. The number of carbonyl (C=O) groups is 1. The number of hydrogen-bond acceptors (Lipinski definition) is 3. The van der Waals surface area contributed by atoms with Gasteiger partial charge in [-0.2, -0.15) is 0 Å². The number of aromatic carboxylic acids is 1. The quantitative estimate of drug-likeness (QED) is 0.284. The summed E-state index contributed by atoms with van der Waals surface area (Å²) in [7, 11) is 0. The summed E-state index contributed by atoms with van der Waals surface area (Å²) in [5.41, 5.74) is 7.00. The maximum Gasteiger partial charge on any atom is 0.335 e. The van der Waals surface area contributed by atoms with Crippen LogP contribution in [0.4, 0.5) is 0 Å². The van der Waals surface area contributed by atoms with Crippen molar-refractivity contribution >= 4 is 17.7 Å². The van der Waals surface area contributed by atoms with Crippen LogP contribution < -0.4 is 0 Å². The Bertz CT molecular complexity index is 1320. The van der Waals surface area contributed by atoms with E-state index in [2.05, 4.69) is 82.9 Å². The lowest BCUT2D eigenvalue weighted by Crippen LogP contribution is -2.34. The summed E-state index contributed by atoms with van der Waals surface area (Å²) in [5.74, 6) is 5.88. The largest absolute Gasteiger partial charge is 0.478 e. The van der Waals surface area contributed by atoms with Gasteiger partial charge in [-0.05, 0) is 83.2 Å². The third-order valence-electron chi connectivity index (χ3n) is 7.22. The van der Waals surface area contributed by atoms with Crippen LogP contribution in [0.15, 0.2) is 65.6 Å². The predicted octanol–water partition coefficient (Wildman–Crippen LogP) is 7.42. The van der Waals surface area contributed by atoms with Gasteiger partial charge in [0.05, 0.1) is 5.56 Å². The number of hydrogen-bond donors (Lipinski definition) is 2. The number of rotatable bonds is 5. The van der Waals surface area contributed by atoms with Gasteiger partial charge in [0.25, 0.3) is 0 Å². The van der Waals surface area contributed by atoms with Crippen molar-refractivity contribution in [1.29, 1.82) is 0 Å². The van der Waals surface area contributed by atoms with Gasteiger partial charge < -0.3 is 10.2 Å². The fraction of sp³-hybridized carbons (Fsp3) is 0.344. The Morgan fingerprint density at radius 3 is 2.25 bits per heavy atom. The molecule has 4 rings (SSSR count). The summed E-state index contributed by atoms with van der Waals surface area (Å²) in [6.07, 6.45) is 1.28. The molecule has 36 heavy (non-hydrogen) atoms. The molecule has 1 unspecified atom stereocenters. The molecule has 0 aliphatic heterocycles. The minimum Gasteiger partial charge on any atom is -0.478 e. The normalized spacial score (nSPS) is 16.4. The Kier molecular flexibility index (Phi) is 7.36. The molecule has 0 aromatic heterocycles. The SMILES string of the molecule is Cc1ccc(CSc2cc(C(O)C#Cc3ccc(C(=O)O)cc3)cc3c2C(C)(C)CCC3(C)C)cc1. The summed E-state index contributed by atoms with van der Waals surface area (Å²) >= 11 is 1.83. The average Bonchev–Trinajstić information content (AvgIpc) is 2.85. The van der Waals surface area contributed by atoms with Crippen LogP contribution in [0.25, 0.3) is 0 Å². The number of aryl methyl sites for hydroxylation is 1. The van der Waals surface area contributed by atoms with Gasteiger partial charge in [0.2, 0.25) is 0 Å². The summed E-state index contributed by atoms with van der Waals surface area (Å²) < 4.78 is 0. The number of thioether (sulfide) groups is 1. The van der Waals surface area contributed by atoms with Crippen molar-refractivity contribution in [3.63, 3.8) is 0 Å². The van der Waals surface area contributed by atoms with Gasteiger partial charge in [-0.3, -0.25) is 0 Å². The Morgan fingerprint density at radius 2 is 1.61 bits per heavy atom. The molecule has 0 radical (unpaired) electrons. The Morgan fingerprint density at radius 1 is 0.972 bits per heavy atom. The topological polar surface area (TPSA) is 57.5 Å². The molecule has 0 saturated carbocycles.